The molecule has 1 unspecified atom stereocenters. The summed E-state index contributed by atoms with van der Waals surface area (Å²) in [5, 5.41) is 10.7. The van der Waals surface area contributed by atoms with Crippen LogP contribution in [0.4, 0.5) is 0 Å². The number of esters is 1. The van der Waals surface area contributed by atoms with Crippen LogP contribution >= 0.6 is 11.6 Å². The van der Waals surface area contributed by atoms with Gasteiger partial charge in [0.15, 0.2) is 5.78 Å². The minimum atomic E-state index is -1.10. The molecule has 0 amide bonds. The van der Waals surface area contributed by atoms with Gasteiger partial charge < -0.3 is 15.6 Å². The molecule has 1 rings (SSSR count). The molecule has 0 radical (unpaired) electrons. The molecule has 0 bridgehead atoms. The van der Waals surface area contributed by atoms with E-state index in [-0.39, 0.29) is 17.2 Å². The van der Waals surface area contributed by atoms with Crippen molar-refractivity contribution in [2.45, 2.75) is 65.3 Å². The molecule has 0 aliphatic rings. The maximum Gasteiger partial charge on any atom is 0.308 e. The van der Waals surface area contributed by atoms with Crippen LogP contribution in [-0.4, -0.2) is 22.7 Å². The number of nitrogens with two attached hydrogens (primary N) is 1. The molecule has 5 nitrogen and oxygen atoms in total. The molecule has 0 spiro atoms. The number of hydrogen-bond donors (Lipinski definition) is 2. The summed E-state index contributed by atoms with van der Waals surface area (Å²) >= 11 is 5.65. The van der Waals surface area contributed by atoms with Gasteiger partial charge in [-0.3, -0.25) is 9.59 Å². The molecule has 0 aliphatic carbocycles. The Hall–Kier alpha value is -1.59. The molecule has 0 aliphatic heterocycles. The van der Waals surface area contributed by atoms with E-state index in [1.807, 2.05) is 41.5 Å². The highest BCUT2D eigenvalue weighted by Gasteiger charge is 2.35. The number of benzene rings is 1. The van der Waals surface area contributed by atoms with Gasteiger partial charge in [0.2, 0.25) is 0 Å². The van der Waals surface area contributed by atoms with Crippen LogP contribution in [0.15, 0.2) is 6.07 Å². The highest BCUT2D eigenvalue weighted by molar-refractivity contribution is 6.28. The summed E-state index contributed by atoms with van der Waals surface area (Å²) in [6.07, 6.45) is 0. The van der Waals surface area contributed by atoms with Crippen molar-refractivity contribution in [2.75, 3.05) is 5.88 Å². The van der Waals surface area contributed by atoms with Crippen LogP contribution in [0.5, 0.6) is 11.5 Å². The molecule has 3 N–H and O–H groups in total. The number of ether oxygens (including phenoxy) is 1. The lowest BCUT2D eigenvalue weighted by molar-refractivity contribution is -0.132. The van der Waals surface area contributed by atoms with Crippen molar-refractivity contribution in [1.82, 2.24) is 0 Å². The predicted octanol–water partition coefficient (Wildman–Crippen LogP) is 3.72. The van der Waals surface area contributed by atoms with E-state index >= 15 is 0 Å². The molecule has 25 heavy (non-hydrogen) atoms. The Balaban J connectivity index is 3.98. The molecule has 6 heteroatoms. The lowest BCUT2D eigenvalue weighted by atomic mass is 9.75. The number of phenols is 1. The summed E-state index contributed by atoms with van der Waals surface area (Å²) in [6.45, 7) is 12.9. The minimum Gasteiger partial charge on any atom is -0.508 e. The Kier molecular flexibility index (Phi) is 6.30. The van der Waals surface area contributed by atoms with Gasteiger partial charge in [-0.05, 0) is 16.9 Å². The van der Waals surface area contributed by atoms with Gasteiger partial charge in [0.05, 0.1) is 11.9 Å². The Morgan fingerprint density at radius 2 is 1.72 bits per heavy atom. The van der Waals surface area contributed by atoms with Crippen LogP contribution in [0.1, 0.15) is 71.2 Å². The van der Waals surface area contributed by atoms with Crippen LogP contribution in [0, 0.1) is 0 Å². The second-order valence-corrected chi connectivity index (χ2v) is 8.50. The number of phenolic OH excluding ortho intramolecular Hbond substituents is 1. The number of rotatable bonds is 4. The van der Waals surface area contributed by atoms with E-state index in [0.29, 0.717) is 16.9 Å². The van der Waals surface area contributed by atoms with E-state index < -0.39 is 28.6 Å². The van der Waals surface area contributed by atoms with E-state index in [9.17, 15) is 14.7 Å². The van der Waals surface area contributed by atoms with E-state index in [4.69, 9.17) is 22.1 Å². The zero-order valence-corrected chi connectivity index (χ0v) is 16.7. The summed E-state index contributed by atoms with van der Waals surface area (Å²) in [4.78, 5) is 23.8. The largest absolute Gasteiger partial charge is 0.508 e. The quantitative estimate of drug-likeness (QED) is 0.479. The first-order valence-electron chi connectivity index (χ1n) is 8.15. The van der Waals surface area contributed by atoms with Crippen molar-refractivity contribution >= 4 is 23.4 Å². The second kappa shape index (κ2) is 7.34. The van der Waals surface area contributed by atoms with Gasteiger partial charge in [0.1, 0.15) is 11.5 Å². The average molecular weight is 370 g/mol. The number of halogens is 1. The predicted molar refractivity (Wildman–Crippen MR) is 99.5 cm³/mol. The number of alkyl halides is 1. The molecule has 0 fully saturated rings. The maximum absolute atomic E-state index is 12.1. The average Bonchev–Trinajstić information content (AvgIpc) is 2.43. The Morgan fingerprint density at radius 3 is 2.08 bits per heavy atom. The van der Waals surface area contributed by atoms with Gasteiger partial charge in [-0.25, -0.2) is 0 Å². The fourth-order valence-electron chi connectivity index (χ4n) is 2.78. The van der Waals surface area contributed by atoms with Gasteiger partial charge >= 0.3 is 5.97 Å². The summed E-state index contributed by atoms with van der Waals surface area (Å²) in [5.74, 6) is -0.923. The van der Waals surface area contributed by atoms with Crippen molar-refractivity contribution < 1.29 is 19.4 Å². The van der Waals surface area contributed by atoms with E-state index in [1.54, 1.807) is 0 Å². The van der Waals surface area contributed by atoms with Crippen molar-refractivity contribution in [2.24, 2.45) is 5.73 Å². The van der Waals surface area contributed by atoms with Gasteiger partial charge in [-0.2, -0.15) is 0 Å². The zero-order chi connectivity index (χ0) is 19.7. The summed E-state index contributed by atoms with van der Waals surface area (Å²) in [7, 11) is 0. The van der Waals surface area contributed by atoms with Crippen LogP contribution < -0.4 is 10.5 Å². The van der Waals surface area contributed by atoms with E-state index in [1.165, 1.54) is 13.0 Å². The summed E-state index contributed by atoms with van der Waals surface area (Å²) < 4.78 is 5.54. The molecule has 140 valence electrons. The second-order valence-electron chi connectivity index (χ2n) is 8.23. The molecule has 1 aromatic carbocycles. The van der Waals surface area contributed by atoms with Crippen LogP contribution in [0.2, 0.25) is 0 Å². The number of aromatic hydroxyl groups is 1. The SMILES string of the molecule is CC(=O)Oc1c(C(C)(C)C)cc(O)c(C(N)C(=O)CCl)c1C(C)(C)C. The topological polar surface area (TPSA) is 89.6 Å². The van der Waals surface area contributed by atoms with Crippen molar-refractivity contribution in [3.63, 3.8) is 0 Å². The van der Waals surface area contributed by atoms with Gasteiger partial charge in [-0.1, -0.05) is 41.5 Å². The van der Waals surface area contributed by atoms with E-state index in [2.05, 4.69) is 0 Å². The molecule has 1 aromatic rings. The first-order valence-corrected chi connectivity index (χ1v) is 8.68. The Morgan fingerprint density at radius 1 is 1.20 bits per heavy atom. The third-order valence-corrected chi connectivity index (χ3v) is 4.15. The molecule has 0 saturated heterocycles. The maximum atomic E-state index is 12.1. The number of Topliss-reactive ketones (excluding diaryl/α,β-unsaturated/α-hetero) is 1. The van der Waals surface area contributed by atoms with Crippen LogP contribution in [0.25, 0.3) is 0 Å². The molecule has 1 atom stereocenters. The monoisotopic (exact) mass is 369 g/mol. The molecule has 0 aromatic heterocycles. The summed E-state index contributed by atoms with van der Waals surface area (Å²) in [5.41, 5.74) is 6.59. The lowest BCUT2D eigenvalue weighted by Crippen LogP contribution is -2.29. The molecular formula is C19H28ClNO4. The number of carbonyl (C=O) groups excluding carboxylic acids is 2. The fourth-order valence-corrected chi connectivity index (χ4v) is 2.94. The molecule has 0 heterocycles. The van der Waals surface area contributed by atoms with Gasteiger partial charge in [-0.15, -0.1) is 11.6 Å². The van der Waals surface area contributed by atoms with Crippen molar-refractivity contribution in [3.8, 4) is 11.5 Å². The molecular weight excluding hydrogens is 342 g/mol. The Labute approximate surface area is 154 Å². The number of carbonyl (C=O) groups is 2. The highest BCUT2D eigenvalue weighted by Crippen LogP contribution is 2.47. The molecule has 0 saturated carbocycles. The van der Waals surface area contributed by atoms with Crippen LogP contribution in [-0.2, 0) is 20.4 Å². The number of ketones is 1. The standard InChI is InChI=1S/C19H28ClNO4/c1-10(22)25-17-11(18(2,3)4)8-12(23)14(15(17)19(5,6)7)16(21)13(24)9-20/h8,16,23H,9,21H2,1-7H3. The Bertz CT molecular complexity index is 684. The first-order chi connectivity index (χ1) is 11.2. The zero-order valence-electron chi connectivity index (χ0n) is 16.0. The number of hydrogen-bond acceptors (Lipinski definition) is 5. The lowest BCUT2D eigenvalue weighted by Gasteiger charge is -2.32. The van der Waals surface area contributed by atoms with Gasteiger partial charge in [0.25, 0.3) is 0 Å². The fraction of sp³-hybridized carbons (Fsp3) is 0.579. The van der Waals surface area contributed by atoms with Crippen molar-refractivity contribution in [1.29, 1.82) is 0 Å². The van der Waals surface area contributed by atoms with Gasteiger partial charge in [0, 0.05) is 23.6 Å². The smallest absolute Gasteiger partial charge is 0.308 e. The normalized spacial score (nSPS) is 13.5. The van der Waals surface area contributed by atoms with Crippen LogP contribution in [0.3, 0.4) is 0 Å². The highest BCUT2D eigenvalue weighted by atomic mass is 35.5. The third-order valence-electron chi connectivity index (χ3n) is 3.89. The van der Waals surface area contributed by atoms with Crippen molar-refractivity contribution in [3.05, 3.63) is 22.8 Å². The van der Waals surface area contributed by atoms with E-state index in [0.717, 1.165) is 0 Å². The first kappa shape index (κ1) is 21.5. The third kappa shape index (κ3) is 4.73. The minimum absolute atomic E-state index is 0.100. The summed E-state index contributed by atoms with van der Waals surface area (Å²) in [6, 6.07) is 0.416.